The summed E-state index contributed by atoms with van der Waals surface area (Å²) in [4.78, 5) is 0. The molecule has 2 heteroatoms. The first-order chi connectivity index (χ1) is 6.01. The van der Waals surface area contributed by atoms with E-state index in [4.69, 9.17) is 10.5 Å². The van der Waals surface area contributed by atoms with Gasteiger partial charge in [-0.05, 0) is 38.0 Å². The second-order valence-electron chi connectivity index (χ2n) is 3.71. The Morgan fingerprint density at radius 3 is 2.62 bits per heavy atom. The van der Waals surface area contributed by atoms with Crippen LogP contribution in [0.2, 0.25) is 0 Å². The van der Waals surface area contributed by atoms with Gasteiger partial charge in [-0.25, -0.2) is 0 Å². The van der Waals surface area contributed by atoms with Gasteiger partial charge in [0, 0.05) is 0 Å². The van der Waals surface area contributed by atoms with Gasteiger partial charge >= 0.3 is 0 Å². The van der Waals surface area contributed by atoms with Gasteiger partial charge in [0.2, 0.25) is 0 Å². The van der Waals surface area contributed by atoms with E-state index in [2.05, 4.69) is 13.0 Å². The van der Waals surface area contributed by atoms with Crippen molar-refractivity contribution in [2.45, 2.75) is 32.9 Å². The van der Waals surface area contributed by atoms with Crippen LogP contribution in [0.5, 0.6) is 5.75 Å². The highest BCUT2D eigenvalue weighted by Gasteiger charge is 2.11. The molecule has 1 aromatic carbocycles. The maximum atomic E-state index is 5.74. The highest BCUT2D eigenvalue weighted by atomic mass is 16.5. The monoisotopic (exact) mass is 179 g/mol. The number of hydrogen-bond donors (Lipinski definition) is 1. The number of nitrogens with two attached hydrogens (primary N) is 1. The first-order valence-electron chi connectivity index (χ1n) is 4.58. The molecule has 0 bridgehead atoms. The van der Waals surface area contributed by atoms with Gasteiger partial charge in [-0.3, -0.25) is 5.73 Å². The molecule has 0 aliphatic heterocycles. The number of aryl methyl sites for hydroxylation is 1. The van der Waals surface area contributed by atoms with Crippen LogP contribution in [0.15, 0.2) is 24.3 Å². The van der Waals surface area contributed by atoms with Crippen LogP contribution in [0.3, 0.4) is 0 Å². The quantitative estimate of drug-likeness (QED) is 0.723. The molecular weight excluding hydrogens is 162 g/mol. The zero-order valence-corrected chi connectivity index (χ0v) is 8.50. The van der Waals surface area contributed by atoms with Crippen molar-refractivity contribution in [2.75, 3.05) is 0 Å². The van der Waals surface area contributed by atoms with Crippen molar-refractivity contribution in [1.29, 1.82) is 0 Å². The van der Waals surface area contributed by atoms with Crippen LogP contribution >= 0.6 is 0 Å². The van der Waals surface area contributed by atoms with E-state index in [0.717, 1.165) is 12.2 Å². The summed E-state index contributed by atoms with van der Waals surface area (Å²) < 4.78 is 5.52. The second kappa shape index (κ2) is 3.79. The molecule has 0 fully saturated rings. The molecule has 0 atom stereocenters. The van der Waals surface area contributed by atoms with Crippen LogP contribution in [0.1, 0.15) is 26.3 Å². The highest BCUT2D eigenvalue weighted by Crippen LogP contribution is 2.17. The van der Waals surface area contributed by atoms with Gasteiger partial charge in [0.1, 0.15) is 5.75 Å². The van der Waals surface area contributed by atoms with E-state index in [9.17, 15) is 0 Å². The molecule has 2 N–H and O–H groups in total. The average molecular weight is 179 g/mol. The minimum Gasteiger partial charge on any atom is -0.474 e. The minimum atomic E-state index is -0.605. The summed E-state index contributed by atoms with van der Waals surface area (Å²) >= 11 is 0. The third-order valence-electron chi connectivity index (χ3n) is 1.69. The molecule has 0 heterocycles. The van der Waals surface area contributed by atoms with E-state index in [0.29, 0.717) is 0 Å². The lowest BCUT2D eigenvalue weighted by Crippen LogP contribution is -2.38. The number of hydrogen-bond acceptors (Lipinski definition) is 2. The van der Waals surface area contributed by atoms with Crippen LogP contribution in [-0.2, 0) is 6.42 Å². The summed E-state index contributed by atoms with van der Waals surface area (Å²) in [5, 5.41) is 0. The number of rotatable bonds is 3. The molecule has 0 aliphatic rings. The van der Waals surface area contributed by atoms with Crippen molar-refractivity contribution in [3.63, 3.8) is 0 Å². The topological polar surface area (TPSA) is 35.2 Å². The average Bonchev–Trinajstić information content (AvgIpc) is 2.01. The van der Waals surface area contributed by atoms with Gasteiger partial charge < -0.3 is 4.74 Å². The first-order valence-corrected chi connectivity index (χ1v) is 4.58. The number of benzene rings is 1. The Morgan fingerprint density at radius 1 is 1.38 bits per heavy atom. The minimum absolute atomic E-state index is 0.605. The Morgan fingerprint density at radius 2 is 2.08 bits per heavy atom. The molecule has 72 valence electrons. The SMILES string of the molecule is CCc1cccc(OC(C)(C)N)c1. The summed E-state index contributed by atoms with van der Waals surface area (Å²) in [5.41, 5.74) is 6.40. The molecule has 0 amide bonds. The van der Waals surface area contributed by atoms with Gasteiger partial charge in [-0.2, -0.15) is 0 Å². The van der Waals surface area contributed by atoms with Gasteiger partial charge in [0.05, 0.1) is 0 Å². The van der Waals surface area contributed by atoms with Crippen molar-refractivity contribution >= 4 is 0 Å². The summed E-state index contributed by atoms with van der Waals surface area (Å²) in [6, 6.07) is 8.01. The third kappa shape index (κ3) is 3.47. The molecule has 0 spiro atoms. The van der Waals surface area contributed by atoms with Crippen molar-refractivity contribution < 1.29 is 4.74 Å². The van der Waals surface area contributed by atoms with E-state index in [-0.39, 0.29) is 0 Å². The predicted molar refractivity (Wildman–Crippen MR) is 54.7 cm³/mol. The Balaban J connectivity index is 2.78. The standard InChI is InChI=1S/C11H17NO/c1-4-9-6-5-7-10(8-9)13-11(2,3)12/h5-8H,4,12H2,1-3H3. The van der Waals surface area contributed by atoms with Crippen molar-refractivity contribution in [3.05, 3.63) is 29.8 Å². The van der Waals surface area contributed by atoms with Crippen LogP contribution in [0.25, 0.3) is 0 Å². The highest BCUT2D eigenvalue weighted by molar-refractivity contribution is 5.28. The predicted octanol–water partition coefficient (Wildman–Crippen LogP) is 2.32. The normalized spacial score (nSPS) is 11.4. The molecule has 0 aliphatic carbocycles. The summed E-state index contributed by atoms with van der Waals surface area (Å²) in [6.45, 7) is 5.80. The zero-order valence-electron chi connectivity index (χ0n) is 8.50. The van der Waals surface area contributed by atoms with Gasteiger partial charge in [-0.1, -0.05) is 19.1 Å². The first kappa shape index (κ1) is 10.1. The van der Waals surface area contributed by atoms with E-state index in [1.807, 2.05) is 32.0 Å². The summed E-state index contributed by atoms with van der Waals surface area (Å²) in [5.74, 6) is 0.840. The fraction of sp³-hybridized carbons (Fsp3) is 0.455. The summed E-state index contributed by atoms with van der Waals surface area (Å²) in [6.07, 6.45) is 1.02. The Kier molecular flexibility index (Phi) is 2.94. The smallest absolute Gasteiger partial charge is 0.152 e. The molecular formula is C11H17NO. The van der Waals surface area contributed by atoms with E-state index >= 15 is 0 Å². The fourth-order valence-corrected chi connectivity index (χ4v) is 1.13. The molecule has 0 saturated heterocycles. The van der Waals surface area contributed by atoms with Gasteiger partial charge in [-0.15, -0.1) is 0 Å². The zero-order chi connectivity index (χ0) is 9.90. The Hall–Kier alpha value is -1.02. The van der Waals surface area contributed by atoms with Gasteiger partial charge in [0.25, 0.3) is 0 Å². The van der Waals surface area contributed by atoms with E-state index in [1.165, 1.54) is 5.56 Å². The van der Waals surface area contributed by atoms with Crippen LogP contribution in [0.4, 0.5) is 0 Å². The molecule has 0 radical (unpaired) electrons. The molecule has 1 rings (SSSR count). The van der Waals surface area contributed by atoms with Crippen LogP contribution < -0.4 is 10.5 Å². The second-order valence-corrected chi connectivity index (χ2v) is 3.71. The van der Waals surface area contributed by atoms with E-state index in [1.54, 1.807) is 0 Å². The third-order valence-corrected chi connectivity index (χ3v) is 1.69. The number of ether oxygens (including phenoxy) is 1. The van der Waals surface area contributed by atoms with E-state index < -0.39 is 5.72 Å². The largest absolute Gasteiger partial charge is 0.474 e. The van der Waals surface area contributed by atoms with Crippen molar-refractivity contribution in [3.8, 4) is 5.75 Å². The lowest BCUT2D eigenvalue weighted by molar-refractivity contribution is 0.117. The lowest BCUT2D eigenvalue weighted by atomic mass is 10.1. The molecule has 2 nitrogen and oxygen atoms in total. The maximum Gasteiger partial charge on any atom is 0.152 e. The fourth-order valence-electron chi connectivity index (χ4n) is 1.13. The molecule has 0 unspecified atom stereocenters. The van der Waals surface area contributed by atoms with Crippen molar-refractivity contribution in [1.82, 2.24) is 0 Å². The van der Waals surface area contributed by atoms with Crippen LogP contribution in [0, 0.1) is 0 Å². The Bertz CT molecular complexity index is 276. The molecule has 1 aromatic rings. The summed E-state index contributed by atoms with van der Waals surface area (Å²) in [7, 11) is 0. The molecule has 13 heavy (non-hydrogen) atoms. The molecule has 0 aromatic heterocycles. The van der Waals surface area contributed by atoms with Gasteiger partial charge in [0.15, 0.2) is 5.72 Å². The Labute approximate surface area is 79.7 Å². The maximum absolute atomic E-state index is 5.74. The molecule has 0 saturated carbocycles. The van der Waals surface area contributed by atoms with Crippen molar-refractivity contribution in [2.24, 2.45) is 5.73 Å². The van der Waals surface area contributed by atoms with Crippen LogP contribution in [-0.4, -0.2) is 5.72 Å². The lowest BCUT2D eigenvalue weighted by Gasteiger charge is -2.21.